The summed E-state index contributed by atoms with van der Waals surface area (Å²) in [5.41, 5.74) is 12.5. The number of nitrogens with two attached hydrogens (primary N) is 2. The van der Waals surface area contributed by atoms with Crippen molar-refractivity contribution in [3.8, 4) is 0 Å². The molecule has 6 heteroatoms. The number of hydrogen-bond acceptors (Lipinski definition) is 5. The van der Waals surface area contributed by atoms with Crippen LogP contribution in [0.1, 0.15) is 27.2 Å². The molecule has 0 spiro atoms. The van der Waals surface area contributed by atoms with Crippen LogP contribution >= 0.6 is 0 Å². The maximum atomic E-state index is 12.1. The van der Waals surface area contributed by atoms with Crippen LogP contribution in [-0.4, -0.2) is 35.7 Å². The largest absolute Gasteiger partial charge is 0.402 e. The molecule has 1 unspecified atom stereocenters. The van der Waals surface area contributed by atoms with Crippen LogP contribution in [0.5, 0.6) is 0 Å². The van der Waals surface area contributed by atoms with Crippen LogP contribution in [0.4, 0.5) is 0 Å². The average Bonchev–Trinajstić information content (AvgIpc) is 2.83. The molecule has 0 radical (unpaired) electrons. The lowest BCUT2D eigenvalue weighted by molar-refractivity contribution is -0.123. The lowest BCUT2D eigenvalue weighted by Gasteiger charge is -2.16. The second-order valence-corrected chi connectivity index (χ2v) is 5.50. The summed E-state index contributed by atoms with van der Waals surface area (Å²) in [6, 6.07) is 0.191. The molecule has 1 rings (SSSR count). The molecule has 1 aliphatic heterocycles. The van der Waals surface area contributed by atoms with Gasteiger partial charge in [-0.15, -0.1) is 0 Å². The van der Waals surface area contributed by atoms with E-state index in [0.717, 1.165) is 6.42 Å². The van der Waals surface area contributed by atoms with Crippen LogP contribution in [-0.2, 0) is 4.79 Å². The number of likely N-dealkylation sites (tertiary alicyclic amines) is 1. The Morgan fingerprint density at radius 3 is 2.65 bits per heavy atom. The van der Waals surface area contributed by atoms with E-state index in [9.17, 15) is 4.79 Å². The van der Waals surface area contributed by atoms with Crippen LogP contribution in [0, 0.1) is 11.3 Å². The number of carbonyl (C=O) groups is 1. The summed E-state index contributed by atoms with van der Waals surface area (Å²) in [7, 11) is 0. The van der Waals surface area contributed by atoms with Gasteiger partial charge in [0.1, 0.15) is 5.71 Å². The average molecular weight is 279 g/mol. The fourth-order valence-electron chi connectivity index (χ4n) is 1.90. The Morgan fingerprint density at radius 2 is 2.10 bits per heavy atom. The van der Waals surface area contributed by atoms with Gasteiger partial charge in [0, 0.05) is 36.7 Å². The van der Waals surface area contributed by atoms with Gasteiger partial charge in [0.05, 0.1) is 0 Å². The van der Waals surface area contributed by atoms with Gasteiger partial charge in [-0.1, -0.05) is 13.8 Å². The van der Waals surface area contributed by atoms with Crippen molar-refractivity contribution < 1.29 is 4.79 Å². The molecule has 1 heterocycles. The molecule has 1 amide bonds. The fraction of sp³-hybridized carbons (Fsp3) is 0.571. The molecule has 20 heavy (non-hydrogen) atoms. The summed E-state index contributed by atoms with van der Waals surface area (Å²) in [6.45, 7) is 6.90. The molecular formula is C14H25N5O. The van der Waals surface area contributed by atoms with Crippen LogP contribution in [0.25, 0.3) is 0 Å². The molecule has 6 N–H and O–H groups in total. The van der Waals surface area contributed by atoms with Crippen LogP contribution in [0.3, 0.4) is 0 Å². The number of allylic oxidation sites excluding steroid dienone is 2. The highest BCUT2D eigenvalue weighted by molar-refractivity contribution is 6.42. The topological polar surface area (TPSA) is 108 Å². The van der Waals surface area contributed by atoms with Crippen molar-refractivity contribution >= 4 is 11.6 Å². The number of rotatable bonds is 5. The first-order chi connectivity index (χ1) is 9.31. The zero-order chi connectivity index (χ0) is 15.3. The highest BCUT2D eigenvalue weighted by Crippen LogP contribution is 2.11. The Labute approximate surface area is 120 Å². The van der Waals surface area contributed by atoms with E-state index in [4.69, 9.17) is 16.9 Å². The SMILES string of the molecule is C/C(N)=C/NC1CCN(C(=O)C(=N)/C=C(\N)C(C)C)C1. The van der Waals surface area contributed by atoms with Gasteiger partial charge < -0.3 is 21.7 Å². The minimum atomic E-state index is -0.272. The third-order valence-corrected chi connectivity index (χ3v) is 3.23. The zero-order valence-corrected chi connectivity index (χ0v) is 12.4. The summed E-state index contributed by atoms with van der Waals surface area (Å²) in [4.78, 5) is 13.8. The number of carbonyl (C=O) groups excluding carboxylic acids is 1. The summed E-state index contributed by atoms with van der Waals surface area (Å²) >= 11 is 0. The second-order valence-electron chi connectivity index (χ2n) is 5.50. The molecule has 0 aromatic heterocycles. The van der Waals surface area contributed by atoms with E-state index >= 15 is 0 Å². The van der Waals surface area contributed by atoms with Gasteiger partial charge in [-0.05, 0) is 25.3 Å². The van der Waals surface area contributed by atoms with E-state index in [1.165, 1.54) is 6.08 Å². The van der Waals surface area contributed by atoms with E-state index < -0.39 is 0 Å². The van der Waals surface area contributed by atoms with Crippen LogP contribution in [0.15, 0.2) is 23.7 Å². The van der Waals surface area contributed by atoms with Gasteiger partial charge >= 0.3 is 0 Å². The van der Waals surface area contributed by atoms with E-state index in [2.05, 4.69) is 5.32 Å². The molecule has 1 fully saturated rings. The maximum absolute atomic E-state index is 12.1. The lowest BCUT2D eigenvalue weighted by Crippen LogP contribution is -2.37. The van der Waals surface area contributed by atoms with Crippen LogP contribution < -0.4 is 16.8 Å². The molecule has 0 saturated carbocycles. The first-order valence-corrected chi connectivity index (χ1v) is 6.84. The smallest absolute Gasteiger partial charge is 0.271 e. The Morgan fingerprint density at radius 1 is 1.45 bits per heavy atom. The monoisotopic (exact) mass is 279 g/mol. The Kier molecular flexibility index (Phi) is 5.61. The third kappa shape index (κ3) is 4.60. The van der Waals surface area contributed by atoms with Crippen molar-refractivity contribution in [1.29, 1.82) is 5.41 Å². The minimum absolute atomic E-state index is 0.0533. The normalized spacial score (nSPS) is 20.4. The first-order valence-electron chi connectivity index (χ1n) is 6.84. The Bertz CT molecular complexity index is 435. The molecule has 0 aliphatic carbocycles. The molecule has 0 aromatic rings. The van der Waals surface area contributed by atoms with Crippen molar-refractivity contribution in [2.45, 2.75) is 33.2 Å². The van der Waals surface area contributed by atoms with Gasteiger partial charge in [0.2, 0.25) is 0 Å². The number of hydrogen-bond donors (Lipinski definition) is 4. The van der Waals surface area contributed by atoms with E-state index in [0.29, 0.717) is 24.5 Å². The molecule has 1 aliphatic rings. The van der Waals surface area contributed by atoms with Gasteiger partial charge in [-0.2, -0.15) is 0 Å². The van der Waals surface area contributed by atoms with Crippen molar-refractivity contribution in [3.05, 3.63) is 23.7 Å². The molecule has 112 valence electrons. The maximum Gasteiger partial charge on any atom is 0.271 e. The molecule has 0 aromatic carbocycles. The van der Waals surface area contributed by atoms with Gasteiger partial charge in [0.25, 0.3) is 5.91 Å². The highest BCUT2D eigenvalue weighted by Gasteiger charge is 2.27. The van der Waals surface area contributed by atoms with E-state index in [1.807, 2.05) is 13.8 Å². The quantitative estimate of drug-likeness (QED) is 0.550. The fourth-order valence-corrected chi connectivity index (χ4v) is 1.90. The van der Waals surface area contributed by atoms with E-state index in [1.54, 1.807) is 18.0 Å². The lowest BCUT2D eigenvalue weighted by atomic mass is 10.1. The number of nitrogens with one attached hydrogen (secondary N) is 2. The van der Waals surface area contributed by atoms with Crippen molar-refractivity contribution in [1.82, 2.24) is 10.2 Å². The number of nitrogens with zero attached hydrogens (tertiary/aromatic N) is 1. The van der Waals surface area contributed by atoms with Gasteiger partial charge in [0.15, 0.2) is 0 Å². The third-order valence-electron chi connectivity index (χ3n) is 3.23. The van der Waals surface area contributed by atoms with Gasteiger partial charge in [-0.25, -0.2) is 0 Å². The predicted octanol–water partition coefficient (Wildman–Crippen LogP) is 0.515. The summed E-state index contributed by atoms with van der Waals surface area (Å²) in [6.07, 6.45) is 4.06. The molecular weight excluding hydrogens is 254 g/mol. The molecule has 6 nitrogen and oxygen atoms in total. The Balaban J connectivity index is 2.56. The van der Waals surface area contributed by atoms with Crippen LogP contribution in [0.2, 0.25) is 0 Å². The van der Waals surface area contributed by atoms with Gasteiger partial charge in [-0.3, -0.25) is 10.2 Å². The standard InChI is InChI=1S/C14H25N5O/c1-9(2)12(16)6-13(17)14(20)19-5-4-11(8-19)18-7-10(3)15/h6-7,9,11,17-18H,4-5,8,15-16H2,1-3H3/b10-7-,12-6-,17-13?. The summed E-state index contributed by atoms with van der Waals surface area (Å²) in [5.74, 6) is -0.139. The molecule has 1 atom stereocenters. The highest BCUT2D eigenvalue weighted by atomic mass is 16.2. The van der Waals surface area contributed by atoms with Crippen molar-refractivity contribution in [3.63, 3.8) is 0 Å². The minimum Gasteiger partial charge on any atom is -0.402 e. The van der Waals surface area contributed by atoms with Crippen molar-refractivity contribution in [2.24, 2.45) is 17.4 Å². The van der Waals surface area contributed by atoms with Crippen molar-refractivity contribution in [2.75, 3.05) is 13.1 Å². The number of amides is 1. The summed E-state index contributed by atoms with van der Waals surface area (Å²) < 4.78 is 0. The Hall–Kier alpha value is -1.98. The second kappa shape index (κ2) is 6.98. The predicted molar refractivity (Wildman–Crippen MR) is 80.9 cm³/mol. The molecule has 1 saturated heterocycles. The zero-order valence-electron chi connectivity index (χ0n) is 12.4. The summed E-state index contributed by atoms with van der Waals surface area (Å²) in [5, 5.41) is 11.0. The first kappa shape index (κ1) is 16.1. The van der Waals surface area contributed by atoms with E-state index in [-0.39, 0.29) is 23.6 Å². The molecule has 0 bridgehead atoms.